The third-order valence-electron chi connectivity index (χ3n) is 3.32. The Kier molecular flexibility index (Phi) is 10.3. The summed E-state index contributed by atoms with van der Waals surface area (Å²) < 4.78 is 18.0. The summed E-state index contributed by atoms with van der Waals surface area (Å²) in [5.74, 6) is 2.26. The van der Waals surface area contributed by atoms with Crippen molar-refractivity contribution in [2.75, 3.05) is 26.5 Å². The van der Waals surface area contributed by atoms with Gasteiger partial charge < -0.3 is 15.4 Å². The van der Waals surface area contributed by atoms with E-state index in [9.17, 15) is 4.39 Å². The number of aliphatic imine (C=N–C) groups is 1. The molecule has 25 heavy (non-hydrogen) atoms. The predicted octanol–water partition coefficient (Wildman–Crippen LogP) is 3.91. The maximum absolute atomic E-state index is 12.8. The van der Waals surface area contributed by atoms with Gasteiger partial charge in [0.25, 0.3) is 0 Å². The smallest absolute Gasteiger partial charge is 0.191 e. The fourth-order valence-corrected chi connectivity index (χ4v) is 2.79. The summed E-state index contributed by atoms with van der Waals surface area (Å²) in [5.41, 5.74) is 1.15. The van der Waals surface area contributed by atoms with Crippen molar-refractivity contribution in [2.24, 2.45) is 4.99 Å². The van der Waals surface area contributed by atoms with Gasteiger partial charge in [-0.3, -0.25) is 4.99 Å². The van der Waals surface area contributed by atoms with E-state index in [0.29, 0.717) is 6.54 Å². The van der Waals surface area contributed by atoms with E-state index in [1.807, 2.05) is 24.3 Å². The Morgan fingerprint density at radius 1 is 1.08 bits per heavy atom. The van der Waals surface area contributed by atoms with Gasteiger partial charge in [0.1, 0.15) is 11.6 Å². The van der Waals surface area contributed by atoms with Crippen LogP contribution >= 0.6 is 35.7 Å². The third kappa shape index (κ3) is 7.96. The molecule has 2 aromatic carbocycles. The van der Waals surface area contributed by atoms with Crippen LogP contribution in [0.3, 0.4) is 0 Å². The number of nitrogens with one attached hydrogen (secondary N) is 2. The topological polar surface area (TPSA) is 45.7 Å². The molecule has 0 saturated carbocycles. The number of ether oxygens (including phenoxy) is 1. The van der Waals surface area contributed by atoms with Crippen LogP contribution in [0.4, 0.5) is 4.39 Å². The zero-order valence-electron chi connectivity index (χ0n) is 14.3. The second-order valence-electron chi connectivity index (χ2n) is 5.00. The number of methoxy groups -OCH3 is 1. The monoisotopic (exact) mass is 475 g/mol. The molecule has 2 rings (SSSR count). The molecule has 0 aliphatic heterocycles. The number of nitrogens with zero attached hydrogens (tertiary/aromatic N) is 1. The first kappa shape index (κ1) is 21.6. The van der Waals surface area contributed by atoms with Gasteiger partial charge in [-0.1, -0.05) is 12.1 Å². The highest BCUT2D eigenvalue weighted by Crippen LogP contribution is 2.17. The lowest BCUT2D eigenvalue weighted by Crippen LogP contribution is -2.37. The Hall–Kier alpha value is -1.48. The van der Waals surface area contributed by atoms with E-state index < -0.39 is 0 Å². The number of hydrogen-bond donors (Lipinski definition) is 2. The van der Waals surface area contributed by atoms with E-state index in [1.54, 1.807) is 38.1 Å². The van der Waals surface area contributed by atoms with Crippen LogP contribution in [-0.4, -0.2) is 32.4 Å². The summed E-state index contributed by atoms with van der Waals surface area (Å²) in [6.45, 7) is 1.46. The van der Waals surface area contributed by atoms with Gasteiger partial charge in [-0.25, -0.2) is 4.39 Å². The molecule has 0 aliphatic rings. The van der Waals surface area contributed by atoms with Crippen molar-refractivity contribution >= 4 is 41.7 Å². The highest BCUT2D eigenvalue weighted by atomic mass is 127. The average Bonchev–Trinajstić information content (AvgIpc) is 2.63. The number of rotatable bonds is 7. The molecule has 0 radical (unpaired) electrons. The highest BCUT2D eigenvalue weighted by molar-refractivity contribution is 14.0. The second-order valence-corrected chi connectivity index (χ2v) is 6.17. The molecule has 0 spiro atoms. The van der Waals surface area contributed by atoms with Crippen molar-refractivity contribution < 1.29 is 9.13 Å². The molecule has 7 heteroatoms. The molecule has 2 aromatic rings. The Morgan fingerprint density at radius 3 is 2.36 bits per heavy atom. The van der Waals surface area contributed by atoms with Gasteiger partial charge in [-0.05, 0) is 42.0 Å². The number of hydrogen-bond acceptors (Lipinski definition) is 3. The molecule has 4 nitrogen and oxygen atoms in total. The lowest BCUT2D eigenvalue weighted by molar-refractivity contribution is 0.414. The van der Waals surface area contributed by atoms with Crippen LogP contribution in [-0.2, 0) is 6.54 Å². The van der Waals surface area contributed by atoms with Crippen LogP contribution in [0, 0.1) is 5.82 Å². The summed E-state index contributed by atoms with van der Waals surface area (Å²) >= 11 is 1.67. The summed E-state index contributed by atoms with van der Waals surface area (Å²) in [6.07, 6.45) is 0. The molecule has 2 N–H and O–H groups in total. The van der Waals surface area contributed by atoms with Crippen molar-refractivity contribution in [1.29, 1.82) is 0 Å². The summed E-state index contributed by atoms with van der Waals surface area (Å²) in [7, 11) is 3.40. The quantitative estimate of drug-likeness (QED) is 0.210. The van der Waals surface area contributed by atoms with E-state index in [4.69, 9.17) is 4.74 Å². The molecule has 0 fully saturated rings. The minimum absolute atomic E-state index is 0. The number of thioether (sulfide) groups is 1. The highest BCUT2D eigenvalue weighted by Gasteiger charge is 2.00. The number of halogens is 2. The lowest BCUT2D eigenvalue weighted by atomic mass is 10.2. The molecular formula is C18H23FIN3OS. The summed E-state index contributed by atoms with van der Waals surface area (Å²) in [6, 6.07) is 14.4. The van der Waals surface area contributed by atoms with Crippen LogP contribution in [0.2, 0.25) is 0 Å². The van der Waals surface area contributed by atoms with Crippen LogP contribution in [0.25, 0.3) is 0 Å². The maximum atomic E-state index is 12.8. The molecule has 136 valence electrons. The van der Waals surface area contributed by atoms with Gasteiger partial charge in [-0.15, -0.1) is 35.7 Å². The van der Waals surface area contributed by atoms with Gasteiger partial charge in [0.2, 0.25) is 0 Å². The van der Waals surface area contributed by atoms with Crippen molar-refractivity contribution in [3.63, 3.8) is 0 Å². The van der Waals surface area contributed by atoms with Gasteiger partial charge >= 0.3 is 0 Å². The molecule has 0 aromatic heterocycles. The average molecular weight is 475 g/mol. The molecular weight excluding hydrogens is 452 g/mol. The Bertz CT molecular complexity index is 650. The van der Waals surface area contributed by atoms with E-state index in [1.165, 1.54) is 12.1 Å². The second kappa shape index (κ2) is 12.0. The van der Waals surface area contributed by atoms with Crippen molar-refractivity contribution in [1.82, 2.24) is 10.6 Å². The van der Waals surface area contributed by atoms with E-state index in [2.05, 4.69) is 15.6 Å². The fourth-order valence-electron chi connectivity index (χ4n) is 2.02. The first-order valence-electron chi connectivity index (χ1n) is 7.67. The van der Waals surface area contributed by atoms with Crippen LogP contribution in [0.5, 0.6) is 5.75 Å². The van der Waals surface area contributed by atoms with Crippen molar-refractivity contribution in [3.8, 4) is 5.75 Å². The van der Waals surface area contributed by atoms with Crippen LogP contribution < -0.4 is 15.4 Å². The third-order valence-corrected chi connectivity index (χ3v) is 4.33. The molecule has 0 unspecified atom stereocenters. The van der Waals surface area contributed by atoms with Crippen LogP contribution in [0.1, 0.15) is 5.56 Å². The normalized spacial score (nSPS) is 10.8. The van der Waals surface area contributed by atoms with Crippen molar-refractivity contribution in [3.05, 3.63) is 59.9 Å². The van der Waals surface area contributed by atoms with Gasteiger partial charge in [0.05, 0.1) is 7.11 Å². The van der Waals surface area contributed by atoms with Gasteiger partial charge in [0, 0.05) is 30.8 Å². The molecule has 0 amide bonds. The maximum Gasteiger partial charge on any atom is 0.191 e. The van der Waals surface area contributed by atoms with Gasteiger partial charge in [0.15, 0.2) is 5.96 Å². The zero-order chi connectivity index (χ0) is 17.2. The molecule has 0 atom stereocenters. The summed E-state index contributed by atoms with van der Waals surface area (Å²) in [5, 5.41) is 6.53. The predicted molar refractivity (Wildman–Crippen MR) is 114 cm³/mol. The minimum atomic E-state index is -0.208. The Balaban J connectivity index is 0.00000312. The van der Waals surface area contributed by atoms with Crippen molar-refractivity contribution in [2.45, 2.75) is 11.4 Å². The lowest BCUT2D eigenvalue weighted by Gasteiger charge is -2.12. The largest absolute Gasteiger partial charge is 0.497 e. The van der Waals surface area contributed by atoms with E-state index in [-0.39, 0.29) is 29.8 Å². The standard InChI is InChI=1S/C18H22FN3OS.HI/c1-20-18(22-13-14-3-7-16(23-2)8-4-14)21-11-12-24-17-9-5-15(19)6-10-17;/h3-10H,11-13H2,1-2H3,(H2,20,21,22);1H. The van der Waals surface area contributed by atoms with E-state index in [0.717, 1.165) is 34.5 Å². The fraction of sp³-hybridized carbons (Fsp3) is 0.278. The molecule has 0 bridgehead atoms. The minimum Gasteiger partial charge on any atom is -0.497 e. The first-order valence-corrected chi connectivity index (χ1v) is 8.65. The molecule has 0 saturated heterocycles. The zero-order valence-corrected chi connectivity index (χ0v) is 17.4. The number of benzene rings is 2. The SMILES string of the molecule is CN=C(NCCSc1ccc(F)cc1)NCc1ccc(OC)cc1.I. The number of guanidine groups is 1. The summed E-state index contributed by atoms with van der Waals surface area (Å²) in [4.78, 5) is 5.26. The Labute approximate surface area is 169 Å². The Morgan fingerprint density at radius 2 is 1.76 bits per heavy atom. The molecule has 0 aliphatic carbocycles. The van der Waals surface area contributed by atoms with Gasteiger partial charge in [-0.2, -0.15) is 0 Å². The van der Waals surface area contributed by atoms with Crippen LogP contribution in [0.15, 0.2) is 58.4 Å². The first-order chi connectivity index (χ1) is 11.7. The van der Waals surface area contributed by atoms with E-state index >= 15 is 0 Å². The molecule has 0 heterocycles.